The zero-order chi connectivity index (χ0) is 15.4. The molecule has 2 rings (SSSR count). The number of anilines is 1. The molecule has 112 valence electrons. The standard InChI is InChI=1S/C15H13BrClF2NS/c1-9(13-7-2-10(16)8-14(13)17)20-11-3-5-12(6-4-11)21-15(18)19/h2-9,15,20H,1H3. The monoisotopic (exact) mass is 391 g/mol. The number of hydrogen-bond acceptors (Lipinski definition) is 2. The maximum atomic E-state index is 12.3. The zero-order valence-electron chi connectivity index (χ0n) is 11.1. The van der Waals surface area contributed by atoms with E-state index in [4.69, 9.17) is 11.6 Å². The fourth-order valence-electron chi connectivity index (χ4n) is 1.91. The van der Waals surface area contributed by atoms with Crippen molar-refractivity contribution in [1.82, 2.24) is 0 Å². The summed E-state index contributed by atoms with van der Waals surface area (Å²) >= 11 is 10.1. The van der Waals surface area contributed by atoms with E-state index in [0.29, 0.717) is 21.7 Å². The van der Waals surface area contributed by atoms with Crippen LogP contribution in [-0.2, 0) is 0 Å². The molecule has 0 aliphatic carbocycles. The summed E-state index contributed by atoms with van der Waals surface area (Å²) in [7, 11) is 0. The van der Waals surface area contributed by atoms with Crippen LogP contribution in [0, 0.1) is 0 Å². The molecular formula is C15H13BrClF2NS. The average Bonchev–Trinajstić information content (AvgIpc) is 2.40. The predicted octanol–water partition coefficient (Wildman–Crippen LogP) is 6.59. The van der Waals surface area contributed by atoms with Crippen LogP contribution in [0.3, 0.4) is 0 Å². The number of nitrogens with one attached hydrogen (secondary N) is 1. The first-order chi connectivity index (χ1) is 9.95. The third-order valence-electron chi connectivity index (χ3n) is 2.89. The molecule has 0 amide bonds. The smallest absolute Gasteiger partial charge is 0.288 e. The van der Waals surface area contributed by atoms with Gasteiger partial charge in [-0.15, -0.1) is 0 Å². The summed E-state index contributed by atoms with van der Waals surface area (Å²) < 4.78 is 25.4. The lowest BCUT2D eigenvalue weighted by Gasteiger charge is -2.17. The second kappa shape index (κ2) is 7.47. The minimum Gasteiger partial charge on any atom is -0.378 e. The van der Waals surface area contributed by atoms with Gasteiger partial charge in [0.25, 0.3) is 5.76 Å². The van der Waals surface area contributed by atoms with Crippen molar-refractivity contribution in [3.05, 3.63) is 57.5 Å². The highest BCUT2D eigenvalue weighted by Gasteiger charge is 2.10. The van der Waals surface area contributed by atoms with Crippen LogP contribution in [-0.4, -0.2) is 5.76 Å². The number of benzene rings is 2. The molecule has 0 aliphatic rings. The Kier molecular flexibility index (Phi) is 5.90. The van der Waals surface area contributed by atoms with Crippen molar-refractivity contribution in [3.8, 4) is 0 Å². The SMILES string of the molecule is CC(Nc1ccc(SC(F)F)cc1)c1ccc(Br)cc1Cl. The van der Waals surface area contributed by atoms with Gasteiger partial charge in [0, 0.05) is 26.1 Å². The van der Waals surface area contributed by atoms with Crippen molar-refractivity contribution in [2.45, 2.75) is 23.6 Å². The van der Waals surface area contributed by atoms with Crippen molar-refractivity contribution in [2.24, 2.45) is 0 Å². The fourth-order valence-corrected chi connectivity index (χ4v) is 3.25. The third kappa shape index (κ3) is 4.87. The Morgan fingerprint density at radius 1 is 1.14 bits per heavy atom. The van der Waals surface area contributed by atoms with E-state index in [1.54, 1.807) is 24.3 Å². The lowest BCUT2D eigenvalue weighted by atomic mass is 10.1. The van der Waals surface area contributed by atoms with Gasteiger partial charge in [-0.05, 0) is 48.9 Å². The van der Waals surface area contributed by atoms with E-state index in [1.165, 1.54) is 0 Å². The summed E-state index contributed by atoms with van der Waals surface area (Å²) in [5.74, 6) is -2.40. The summed E-state index contributed by atoms with van der Waals surface area (Å²) in [6.07, 6.45) is 0. The van der Waals surface area contributed by atoms with Crippen molar-refractivity contribution in [1.29, 1.82) is 0 Å². The normalized spacial score (nSPS) is 12.5. The molecule has 0 aliphatic heterocycles. The quantitative estimate of drug-likeness (QED) is 0.576. The maximum absolute atomic E-state index is 12.3. The molecule has 0 aromatic heterocycles. The molecule has 0 radical (unpaired) electrons. The fraction of sp³-hybridized carbons (Fsp3) is 0.200. The molecule has 1 atom stereocenters. The highest BCUT2D eigenvalue weighted by Crippen LogP contribution is 2.30. The topological polar surface area (TPSA) is 12.0 Å². The molecule has 1 N–H and O–H groups in total. The van der Waals surface area contributed by atoms with Crippen molar-refractivity contribution < 1.29 is 8.78 Å². The van der Waals surface area contributed by atoms with Crippen molar-refractivity contribution in [2.75, 3.05) is 5.32 Å². The van der Waals surface area contributed by atoms with Crippen LogP contribution >= 0.6 is 39.3 Å². The van der Waals surface area contributed by atoms with Crippen LogP contribution in [0.15, 0.2) is 51.8 Å². The summed E-state index contributed by atoms with van der Waals surface area (Å²) in [5.41, 5.74) is 1.84. The first-order valence-corrected chi connectivity index (χ1v) is 8.27. The van der Waals surface area contributed by atoms with Crippen LogP contribution in [0.5, 0.6) is 0 Å². The summed E-state index contributed by atoms with van der Waals surface area (Å²) in [5, 5.41) is 3.98. The van der Waals surface area contributed by atoms with Crippen molar-refractivity contribution in [3.63, 3.8) is 0 Å². The molecule has 2 aromatic rings. The van der Waals surface area contributed by atoms with E-state index >= 15 is 0 Å². The molecule has 0 saturated carbocycles. The van der Waals surface area contributed by atoms with E-state index < -0.39 is 5.76 Å². The summed E-state index contributed by atoms with van der Waals surface area (Å²) in [4.78, 5) is 0.546. The highest BCUT2D eigenvalue weighted by atomic mass is 79.9. The Morgan fingerprint density at radius 3 is 2.38 bits per heavy atom. The first kappa shape index (κ1) is 16.6. The van der Waals surface area contributed by atoms with Gasteiger partial charge in [-0.3, -0.25) is 0 Å². The van der Waals surface area contributed by atoms with Gasteiger partial charge in [-0.2, -0.15) is 8.78 Å². The molecule has 1 nitrogen and oxygen atoms in total. The Balaban J connectivity index is 2.06. The molecular weight excluding hydrogens is 380 g/mol. The van der Waals surface area contributed by atoms with Crippen LogP contribution in [0.1, 0.15) is 18.5 Å². The van der Waals surface area contributed by atoms with Gasteiger partial charge in [0.2, 0.25) is 0 Å². The minimum absolute atomic E-state index is 0.0131. The van der Waals surface area contributed by atoms with Gasteiger partial charge in [0.05, 0.1) is 0 Å². The Hall–Kier alpha value is -0.780. The maximum Gasteiger partial charge on any atom is 0.288 e. The zero-order valence-corrected chi connectivity index (χ0v) is 14.3. The molecule has 21 heavy (non-hydrogen) atoms. The number of alkyl halides is 2. The Bertz CT molecular complexity index is 607. The number of hydrogen-bond donors (Lipinski definition) is 1. The van der Waals surface area contributed by atoms with Crippen molar-refractivity contribution >= 4 is 45.0 Å². The van der Waals surface area contributed by atoms with E-state index in [2.05, 4.69) is 21.2 Å². The van der Waals surface area contributed by atoms with E-state index in [-0.39, 0.29) is 6.04 Å². The first-order valence-electron chi connectivity index (χ1n) is 6.22. The molecule has 0 saturated heterocycles. The molecule has 0 fully saturated rings. The van der Waals surface area contributed by atoms with E-state index in [0.717, 1.165) is 15.7 Å². The van der Waals surface area contributed by atoms with E-state index in [1.807, 2.05) is 25.1 Å². The molecule has 6 heteroatoms. The van der Waals surface area contributed by atoms with Crippen LogP contribution in [0.25, 0.3) is 0 Å². The van der Waals surface area contributed by atoms with Crippen LogP contribution in [0.4, 0.5) is 14.5 Å². The number of thioether (sulfide) groups is 1. The third-order valence-corrected chi connectivity index (χ3v) is 4.43. The number of halogens is 4. The number of rotatable bonds is 5. The Morgan fingerprint density at radius 2 is 1.81 bits per heavy atom. The molecule has 0 spiro atoms. The molecule has 2 aromatic carbocycles. The van der Waals surface area contributed by atoms with Gasteiger partial charge in [-0.25, -0.2) is 0 Å². The average molecular weight is 393 g/mol. The summed E-state index contributed by atoms with van der Waals surface area (Å²) in [6.45, 7) is 2.00. The van der Waals surface area contributed by atoms with Gasteiger partial charge in [0.1, 0.15) is 0 Å². The van der Waals surface area contributed by atoms with E-state index in [9.17, 15) is 8.78 Å². The molecule has 1 unspecified atom stereocenters. The summed E-state index contributed by atoms with van der Waals surface area (Å²) in [6, 6.07) is 12.7. The van der Waals surface area contributed by atoms with Gasteiger partial charge in [-0.1, -0.05) is 45.4 Å². The van der Waals surface area contributed by atoms with Gasteiger partial charge < -0.3 is 5.32 Å². The highest BCUT2D eigenvalue weighted by molar-refractivity contribution is 9.10. The lowest BCUT2D eigenvalue weighted by molar-refractivity contribution is 0.252. The predicted molar refractivity (Wildman–Crippen MR) is 89.5 cm³/mol. The largest absolute Gasteiger partial charge is 0.378 e. The second-order valence-corrected chi connectivity index (χ2v) is 6.82. The minimum atomic E-state index is -2.40. The van der Waals surface area contributed by atoms with Gasteiger partial charge >= 0.3 is 0 Å². The molecule has 0 heterocycles. The lowest BCUT2D eigenvalue weighted by Crippen LogP contribution is -2.07. The Labute approximate surface area is 140 Å². The van der Waals surface area contributed by atoms with Gasteiger partial charge in [0.15, 0.2) is 0 Å². The second-order valence-electron chi connectivity index (χ2n) is 4.43. The molecule has 0 bridgehead atoms. The van der Waals surface area contributed by atoms with Crippen LogP contribution < -0.4 is 5.32 Å². The van der Waals surface area contributed by atoms with Crippen LogP contribution in [0.2, 0.25) is 5.02 Å².